The quantitative estimate of drug-likeness (QED) is 0.136. The van der Waals surface area contributed by atoms with Gasteiger partial charge in [0, 0.05) is 0 Å². The molecule has 0 saturated carbocycles. The van der Waals surface area contributed by atoms with Crippen molar-refractivity contribution in [1.82, 2.24) is 0 Å². The Morgan fingerprint density at radius 1 is 0.409 bits per heavy atom. The molecule has 0 amide bonds. The second-order valence-electron chi connectivity index (χ2n) is 9.88. The molecule has 2 aliphatic rings. The van der Waals surface area contributed by atoms with E-state index in [2.05, 4.69) is 130 Å². The van der Waals surface area contributed by atoms with Crippen LogP contribution in [0.4, 0.5) is 0 Å². The Morgan fingerprint density at radius 2 is 0.750 bits per heavy atom. The minimum Gasteiger partial charge on any atom is -0.358 e. The first-order valence-electron chi connectivity index (χ1n) is 14.3. The second kappa shape index (κ2) is 26.1. The van der Waals surface area contributed by atoms with Crippen LogP contribution in [0.2, 0.25) is 0 Å². The summed E-state index contributed by atoms with van der Waals surface area (Å²) >= 11 is 2.60. The molecule has 0 nitrogen and oxygen atoms in total. The van der Waals surface area contributed by atoms with Crippen molar-refractivity contribution in [1.29, 1.82) is 0 Å². The van der Waals surface area contributed by atoms with Crippen molar-refractivity contribution in [3.05, 3.63) is 173 Å². The minimum atomic E-state index is 0. The molecule has 0 bridgehead atoms. The van der Waals surface area contributed by atoms with E-state index in [4.69, 9.17) is 0 Å². The average molecular weight is 739 g/mol. The predicted molar refractivity (Wildman–Crippen MR) is 196 cm³/mol. The second-order valence-corrected chi connectivity index (χ2v) is 9.88. The van der Waals surface area contributed by atoms with E-state index >= 15 is 0 Å². The van der Waals surface area contributed by atoms with Crippen LogP contribution in [0.3, 0.4) is 0 Å². The normalized spacial score (nSPS) is 11.4. The van der Waals surface area contributed by atoms with E-state index in [9.17, 15) is 0 Å². The van der Waals surface area contributed by atoms with Gasteiger partial charge < -0.3 is 29.7 Å². The van der Waals surface area contributed by atoms with Gasteiger partial charge in [0.25, 0.3) is 0 Å². The summed E-state index contributed by atoms with van der Waals surface area (Å²) in [5.74, 6) is 0. The Labute approximate surface area is 300 Å². The summed E-state index contributed by atoms with van der Waals surface area (Å²) in [5.41, 5.74) is 6.39. The number of hydrogen-bond acceptors (Lipinski definition) is 0. The van der Waals surface area contributed by atoms with Gasteiger partial charge in [-0.05, 0) is 0 Å². The molecule has 236 valence electrons. The van der Waals surface area contributed by atoms with Gasteiger partial charge in [-0.1, -0.05) is 63.5 Å². The van der Waals surface area contributed by atoms with Gasteiger partial charge in [0.15, 0.2) is 0 Å². The molecule has 0 radical (unpaired) electrons. The Bertz CT molecular complexity index is 1270. The topological polar surface area (TPSA) is 0 Å². The van der Waals surface area contributed by atoms with Gasteiger partial charge in [0.1, 0.15) is 0 Å². The van der Waals surface area contributed by atoms with Gasteiger partial charge in [0.2, 0.25) is 0 Å². The van der Waals surface area contributed by atoms with Gasteiger partial charge >= 0.3 is 56.9 Å². The molecule has 2 heteroatoms. The summed E-state index contributed by atoms with van der Waals surface area (Å²) in [6.45, 7) is 0. The van der Waals surface area contributed by atoms with Crippen LogP contribution < -0.4 is 0 Å². The maximum Gasteiger partial charge on any atom is -0.0512 e. The molecular weight excluding hydrogens is 687 g/mol. The Morgan fingerprint density at radius 3 is 1.11 bits per heavy atom. The van der Waals surface area contributed by atoms with E-state index in [1.54, 1.807) is 22.3 Å². The number of hydrogen-bond donors (Lipinski definition) is 0. The third-order valence-electron chi connectivity index (χ3n) is 7.39. The summed E-state index contributed by atoms with van der Waals surface area (Å²) in [6.07, 6.45) is 10.9. The van der Waals surface area contributed by atoms with Crippen LogP contribution in [0, 0.1) is 29.7 Å². The third kappa shape index (κ3) is 13.9. The zero-order valence-electron chi connectivity index (χ0n) is 27.6. The first-order valence-corrected chi connectivity index (χ1v) is 17.7. The van der Waals surface area contributed by atoms with Crippen LogP contribution >= 0.6 is 0 Å². The molecule has 0 atom stereocenters. The third-order valence-corrected chi connectivity index (χ3v) is 7.39. The summed E-state index contributed by atoms with van der Waals surface area (Å²) < 4.78 is 6.68. The largest absolute Gasteiger partial charge is 0.358 e. The first kappa shape index (κ1) is 44.0. The Kier molecular flexibility index (Phi) is 26.1. The molecule has 0 unspecified atom stereocenters. The molecule has 2 aliphatic carbocycles. The Hall–Kier alpha value is -2.13. The number of rotatable bonds is 0. The smallest absolute Gasteiger partial charge is 0.0512 e. The molecule has 0 aromatic heterocycles. The molecule has 6 aromatic rings. The van der Waals surface area contributed by atoms with Crippen molar-refractivity contribution in [3.63, 3.8) is 0 Å². The molecule has 0 saturated heterocycles. The standard InChI is InChI=1S/2C9H11.2C9H7.4CH3.2CH2.2Zr/c4*1-2-5-9-7-3-6-8(9)4-1;;;;;;;;/h2*3,6-7H,1-2,4-5H2;2*1-7H;4*1H3;2*1H2;;/q8*-1;;;;. The number of fused-ring (bicyclic) bond motifs is 4. The summed E-state index contributed by atoms with van der Waals surface area (Å²) in [6, 6.07) is 42.7. The number of aryl methyl sites for hydroxylation is 4. The molecule has 8 rings (SSSR count). The summed E-state index contributed by atoms with van der Waals surface area (Å²) in [5, 5.41) is 5.32. The van der Waals surface area contributed by atoms with Gasteiger partial charge in [-0.3, -0.25) is 0 Å². The van der Waals surface area contributed by atoms with Crippen LogP contribution in [0.5, 0.6) is 0 Å². The van der Waals surface area contributed by atoms with Crippen molar-refractivity contribution in [2.75, 3.05) is 0 Å². The van der Waals surface area contributed by atoms with Crippen LogP contribution in [0.15, 0.2) is 121 Å². The Balaban J connectivity index is 0. The van der Waals surface area contributed by atoms with E-state index in [1.807, 2.05) is 0 Å². The van der Waals surface area contributed by atoms with Gasteiger partial charge in [-0.15, -0.1) is 59.3 Å². The summed E-state index contributed by atoms with van der Waals surface area (Å²) in [7, 11) is 0. The maximum absolute atomic E-state index is 3.34. The zero-order chi connectivity index (χ0) is 28.4. The van der Waals surface area contributed by atoms with E-state index in [-0.39, 0.29) is 29.7 Å². The molecule has 0 heterocycles. The first-order chi connectivity index (χ1) is 19.9. The molecular formula is C42H52Zr2-8. The maximum atomic E-state index is 3.34. The SMILES string of the molecule is [CH2]=[Zr].[CH2]=[Zr].[CH3-].[CH3-].[CH3-].[CH3-].c1cc2c([cH-]1)CCCC2.c1cc2c([cH-]1)CCCC2.c1ccc2[cH-]ccc2c1.c1ccc2[cH-]ccc2c1. The summed E-state index contributed by atoms with van der Waals surface area (Å²) in [4.78, 5) is 0. The molecule has 0 fully saturated rings. The van der Waals surface area contributed by atoms with Crippen molar-refractivity contribution in [2.45, 2.75) is 51.4 Å². The average Bonchev–Trinajstić information content (AvgIpc) is 3.86. The van der Waals surface area contributed by atoms with E-state index < -0.39 is 0 Å². The monoisotopic (exact) mass is 736 g/mol. The van der Waals surface area contributed by atoms with Gasteiger partial charge in [0.05, 0.1) is 0 Å². The molecule has 0 aliphatic heterocycles. The predicted octanol–water partition coefficient (Wildman–Crippen LogP) is 11.4. The molecule has 0 spiro atoms. The fraction of sp³-hybridized carbons (Fsp3) is 0.190. The van der Waals surface area contributed by atoms with Crippen LogP contribution in [-0.2, 0) is 74.2 Å². The van der Waals surface area contributed by atoms with Gasteiger partial charge in [-0.2, -0.15) is 81.6 Å². The van der Waals surface area contributed by atoms with Crippen molar-refractivity contribution < 1.29 is 48.5 Å². The van der Waals surface area contributed by atoms with Crippen molar-refractivity contribution >= 4 is 30.0 Å². The van der Waals surface area contributed by atoms with E-state index in [0.717, 1.165) is 0 Å². The number of benzene rings is 2. The fourth-order valence-electron chi connectivity index (χ4n) is 5.37. The molecule has 44 heavy (non-hydrogen) atoms. The molecule has 0 N–H and O–H groups in total. The van der Waals surface area contributed by atoms with Crippen LogP contribution in [-0.4, -0.2) is 8.42 Å². The van der Waals surface area contributed by atoms with Crippen LogP contribution in [0.1, 0.15) is 47.9 Å². The van der Waals surface area contributed by atoms with Crippen molar-refractivity contribution in [2.24, 2.45) is 0 Å². The van der Waals surface area contributed by atoms with E-state index in [1.165, 1.54) is 121 Å². The van der Waals surface area contributed by atoms with E-state index in [0.29, 0.717) is 0 Å². The van der Waals surface area contributed by atoms with Crippen LogP contribution in [0.25, 0.3) is 21.5 Å². The van der Waals surface area contributed by atoms with Crippen molar-refractivity contribution in [3.8, 4) is 0 Å². The minimum absolute atomic E-state index is 0. The molecule has 6 aromatic carbocycles. The van der Waals surface area contributed by atoms with Gasteiger partial charge in [-0.25, -0.2) is 12.1 Å². The zero-order valence-corrected chi connectivity index (χ0v) is 32.5. The fourth-order valence-corrected chi connectivity index (χ4v) is 5.37.